The van der Waals surface area contributed by atoms with E-state index in [0.717, 1.165) is 31.0 Å². The van der Waals surface area contributed by atoms with Gasteiger partial charge >= 0.3 is 0 Å². The van der Waals surface area contributed by atoms with Gasteiger partial charge in [-0.25, -0.2) is 0 Å². The fourth-order valence-electron chi connectivity index (χ4n) is 2.90. The van der Waals surface area contributed by atoms with Crippen LogP contribution in [-0.4, -0.2) is 33.1 Å². The highest BCUT2D eigenvalue weighted by Gasteiger charge is 2.24. The minimum atomic E-state index is 0.637. The van der Waals surface area contributed by atoms with Crippen LogP contribution >= 0.6 is 27.5 Å². The van der Waals surface area contributed by atoms with Gasteiger partial charge in [-0.2, -0.15) is 5.10 Å². The lowest BCUT2D eigenvalue weighted by Gasteiger charge is -2.35. The van der Waals surface area contributed by atoms with Gasteiger partial charge in [0, 0.05) is 25.5 Å². The summed E-state index contributed by atoms with van der Waals surface area (Å²) in [5.74, 6) is 0.758. The molecule has 0 amide bonds. The first kappa shape index (κ1) is 15.3. The van der Waals surface area contributed by atoms with Crippen molar-refractivity contribution >= 4 is 27.5 Å². The van der Waals surface area contributed by atoms with Crippen LogP contribution in [-0.2, 0) is 20.0 Å². The lowest BCUT2D eigenvalue weighted by molar-refractivity contribution is 0.133. The second-order valence-corrected chi connectivity index (χ2v) is 6.45. The number of rotatable bonds is 5. The van der Waals surface area contributed by atoms with E-state index in [9.17, 15) is 0 Å². The molecule has 1 fully saturated rings. The molecule has 0 aliphatic carbocycles. The third kappa shape index (κ3) is 3.53. The van der Waals surface area contributed by atoms with E-state index in [1.54, 1.807) is 0 Å². The fraction of sp³-hybridized carbons (Fsp3) is 0.786. The molecule has 0 N–H and O–H groups in total. The first-order chi connectivity index (χ1) is 9.17. The van der Waals surface area contributed by atoms with Crippen LogP contribution in [0.3, 0.4) is 0 Å². The molecule has 1 aromatic rings. The van der Waals surface area contributed by atoms with Crippen LogP contribution in [0.4, 0.5) is 0 Å². The summed E-state index contributed by atoms with van der Waals surface area (Å²) in [6.45, 7) is 4.31. The van der Waals surface area contributed by atoms with Gasteiger partial charge in [0.15, 0.2) is 0 Å². The van der Waals surface area contributed by atoms with E-state index in [4.69, 9.17) is 11.6 Å². The Bertz CT molecular complexity index is 417. The first-order valence-electron chi connectivity index (χ1n) is 7.17. The summed E-state index contributed by atoms with van der Waals surface area (Å²) in [5.41, 5.74) is 2.45. The Hall–Kier alpha value is -0.0600. The molecule has 2 heterocycles. The highest BCUT2D eigenvalue weighted by molar-refractivity contribution is 9.10. The van der Waals surface area contributed by atoms with Gasteiger partial charge in [0.25, 0.3) is 0 Å². The maximum atomic E-state index is 5.94. The van der Waals surface area contributed by atoms with Gasteiger partial charge in [0.2, 0.25) is 0 Å². The largest absolute Gasteiger partial charge is 0.294 e. The summed E-state index contributed by atoms with van der Waals surface area (Å²) in [4.78, 5) is 2.58. The molecular formula is C14H23BrClN3. The molecule has 0 spiro atoms. The predicted molar refractivity (Wildman–Crippen MR) is 83.7 cm³/mol. The zero-order valence-corrected chi connectivity index (χ0v) is 14.2. The normalized spacial score (nSPS) is 20.9. The predicted octanol–water partition coefficient (Wildman–Crippen LogP) is 3.73. The summed E-state index contributed by atoms with van der Waals surface area (Å²) in [7, 11) is 2.04. The Morgan fingerprint density at radius 3 is 2.84 bits per heavy atom. The number of likely N-dealkylation sites (tertiary alicyclic amines) is 1. The van der Waals surface area contributed by atoms with Gasteiger partial charge in [-0.3, -0.25) is 9.58 Å². The third-order valence-electron chi connectivity index (χ3n) is 4.05. The molecule has 0 radical (unpaired) electrons. The minimum Gasteiger partial charge on any atom is -0.294 e. The van der Waals surface area contributed by atoms with Crippen molar-refractivity contribution in [2.24, 2.45) is 7.05 Å². The van der Waals surface area contributed by atoms with Crippen LogP contribution in [0.5, 0.6) is 0 Å². The van der Waals surface area contributed by atoms with E-state index in [1.165, 1.54) is 36.0 Å². The highest BCUT2D eigenvalue weighted by atomic mass is 79.9. The zero-order chi connectivity index (χ0) is 13.8. The number of aromatic nitrogens is 2. The number of nitrogens with zero attached hydrogens (tertiary/aromatic N) is 3. The Morgan fingerprint density at radius 1 is 1.42 bits per heavy atom. The van der Waals surface area contributed by atoms with Crippen molar-refractivity contribution in [1.82, 2.24) is 14.7 Å². The SMILES string of the molecule is CCc1nn(C)c(CN2CCCCC2CCCl)c1Br. The molecule has 1 unspecified atom stereocenters. The average Bonchev–Trinajstić information content (AvgIpc) is 2.68. The van der Waals surface area contributed by atoms with Gasteiger partial charge in [0.1, 0.15) is 0 Å². The topological polar surface area (TPSA) is 21.1 Å². The smallest absolute Gasteiger partial charge is 0.0767 e. The molecule has 2 rings (SSSR count). The van der Waals surface area contributed by atoms with Crippen LogP contribution in [0.25, 0.3) is 0 Å². The minimum absolute atomic E-state index is 0.637. The molecule has 1 aliphatic heterocycles. The van der Waals surface area contributed by atoms with Gasteiger partial charge in [-0.15, -0.1) is 11.6 Å². The molecule has 19 heavy (non-hydrogen) atoms. The summed E-state index contributed by atoms with van der Waals surface area (Å²) in [6.07, 6.45) is 5.99. The van der Waals surface area contributed by atoms with Gasteiger partial charge in [-0.05, 0) is 48.2 Å². The Labute approximate surface area is 129 Å². The average molecular weight is 349 g/mol. The molecular weight excluding hydrogens is 326 g/mol. The van der Waals surface area contributed by atoms with Crippen LogP contribution in [0.15, 0.2) is 4.47 Å². The van der Waals surface area contributed by atoms with E-state index >= 15 is 0 Å². The van der Waals surface area contributed by atoms with E-state index in [0.29, 0.717) is 6.04 Å². The molecule has 1 saturated heterocycles. The van der Waals surface area contributed by atoms with Crippen LogP contribution in [0, 0.1) is 0 Å². The van der Waals surface area contributed by atoms with Gasteiger partial charge < -0.3 is 0 Å². The summed E-state index contributed by atoms with van der Waals surface area (Å²) in [6, 6.07) is 0.637. The Balaban J connectivity index is 2.12. The number of piperidine rings is 1. The second-order valence-electron chi connectivity index (χ2n) is 5.28. The second kappa shape index (κ2) is 7.09. The number of alkyl halides is 1. The lowest BCUT2D eigenvalue weighted by atomic mass is 10.00. The monoisotopic (exact) mass is 347 g/mol. The molecule has 108 valence electrons. The zero-order valence-electron chi connectivity index (χ0n) is 11.8. The quantitative estimate of drug-likeness (QED) is 0.756. The van der Waals surface area contributed by atoms with Crippen LogP contribution in [0.1, 0.15) is 44.0 Å². The Kier molecular flexibility index (Phi) is 5.72. The number of aryl methyl sites for hydroxylation is 2. The van der Waals surface area contributed by atoms with Crippen molar-refractivity contribution < 1.29 is 0 Å². The van der Waals surface area contributed by atoms with Crippen LogP contribution < -0.4 is 0 Å². The van der Waals surface area contributed by atoms with E-state index in [2.05, 4.69) is 32.9 Å². The molecule has 0 bridgehead atoms. The summed E-state index contributed by atoms with van der Waals surface area (Å²) < 4.78 is 3.21. The summed E-state index contributed by atoms with van der Waals surface area (Å²) >= 11 is 9.65. The molecule has 3 nitrogen and oxygen atoms in total. The number of hydrogen-bond donors (Lipinski definition) is 0. The fourth-order valence-corrected chi connectivity index (χ4v) is 3.90. The summed E-state index contributed by atoms with van der Waals surface area (Å²) in [5, 5.41) is 4.58. The standard InChI is InChI=1S/C14H23BrClN3/c1-3-12-14(15)13(18(2)17-12)10-19-9-5-4-6-11(19)7-8-16/h11H,3-10H2,1-2H3. The van der Waals surface area contributed by atoms with E-state index < -0.39 is 0 Å². The highest BCUT2D eigenvalue weighted by Crippen LogP contribution is 2.27. The van der Waals surface area contributed by atoms with Gasteiger partial charge in [-0.1, -0.05) is 13.3 Å². The van der Waals surface area contributed by atoms with Crippen molar-refractivity contribution in [3.8, 4) is 0 Å². The molecule has 1 aromatic heterocycles. The van der Waals surface area contributed by atoms with Crippen molar-refractivity contribution in [1.29, 1.82) is 0 Å². The number of hydrogen-bond acceptors (Lipinski definition) is 2. The maximum absolute atomic E-state index is 5.94. The first-order valence-corrected chi connectivity index (χ1v) is 8.50. The van der Waals surface area contributed by atoms with E-state index in [-0.39, 0.29) is 0 Å². The molecule has 0 aromatic carbocycles. The molecule has 1 aliphatic rings. The van der Waals surface area contributed by atoms with Crippen molar-refractivity contribution in [3.63, 3.8) is 0 Å². The van der Waals surface area contributed by atoms with Crippen molar-refractivity contribution in [2.45, 2.75) is 51.6 Å². The number of halogens is 2. The van der Waals surface area contributed by atoms with Crippen molar-refractivity contribution in [2.75, 3.05) is 12.4 Å². The van der Waals surface area contributed by atoms with Crippen LogP contribution in [0.2, 0.25) is 0 Å². The molecule has 0 saturated carbocycles. The lowest BCUT2D eigenvalue weighted by Crippen LogP contribution is -2.39. The molecule has 1 atom stereocenters. The Morgan fingerprint density at radius 2 is 2.21 bits per heavy atom. The van der Waals surface area contributed by atoms with Crippen molar-refractivity contribution in [3.05, 3.63) is 15.9 Å². The molecule has 5 heteroatoms. The van der Waals surface area contributed by atoms with Gasteiger partial charge in [0.05, 0.1) is 15.9 Å². The third-order valence-corrected chi connectivity index (χ3v) is 5.18. The maximum Gasteiger partial charge on any atom is 0.0767 e. The van der Waals surface area contributed by atoms with E-state index in [1.807, 2.05) is 11.7 Å².